The Kier molecular flexibility index (Phi) is 4.90. The third-order valence-corrected chi connectivity index (χ3v) is 3.59. The minimum atomic E-state index is -5.20. The van der Waals surface area contributed by atoms with Crippen molar-refractivity contribution in [1.82, 2.24) is 0 Å². The molecule has 0 aliphatic carbocycles. The van der Waals surface area contributed by atoms with Crippen LogP contribution in [0.15, 0.2) is 0 Å². The summed E-state index contributed by atoms with van der Waals surface area (Å²) in [6.45, 7) is 4.28. The van der Waals surface area contributed by atoms with Crippen molar-refractivity contribution in [3.8, 4) is 0 Å². The molecular formula is C15H22BF3NO2-. The van der Waals surface area contributed by atoms with Crippen molar-refractivity contribution >= 4 is 24.1 Å². The van der Waals surface area contributed by atoms with E-state index >= 15 is 0 Å². The Morgan fingerprint density at radius 1 is 1.09 bits per heavy atom. The first kappa shape index (κ1) is 18.4. The van der Waals surface area contributed by atoms with Crippen LogP contribution in [0.25, 0.3) is 0 Å². The molecular weight excluding hydrogens is 294 g/mol. The number of esters is 1. The summed E-state index contributed by atoms with van der Waals surface area (Å²) in [7, 11) is 0. The lowest BCUT2D eigenvalue weighted by Crippen LogP contribution is -2.40. The van der Waals surface area contributed by atoms with Gasteiger partial charge in [0.25, 0.3) is 0 Å². The first-order chi connectivity index (χ1) is 9.75. The first-order valence-corrected chi connectivity index (χ1v) is 7.05. The molecule has 1 rings (SSSR count). The smallest absolute Gasteiger partial charge is 0.460 e. The zero-order chi connectivity index (χ0) is 17.5. The molecule has 0 heterocycles. The molecule has 0 radical (unpaired) electrons. The van der Waals surface area contributed by atoms with Crippen LogP contribution in [-0.4, -0.2) is 18.5 Å². The summed E-state index contributed by atoms with van der Waals surface area (Å²) in [5.41, 5.74) is 5.38. The van der Waals surface area contributed by atoms with Gasteiger partial charge in [0, 0.05) is 5.69 Å². The summed E-state index contributed by atoms with van der Waals surface area (Å²) in [5.74, 6) is -0.567. The van der Waals surface area contributed by atoms with Crippen LogP contribution in [0.5, 0.6) is 0 Å². The highest BCUT2D eigenvalue weighted by Gasteiger charge is 2.32. The summed E-state index contributed by atoms with van der Waals surface area (Å²) < 4.78 is 45.1. The second-order valence-electron chi connectivity index (χ2n) is 6.52. The molecule has 7 heteroatoms. The molecule has 0 fully saturated rings. The lowest BCUT2D eigenvalue weighted by molar-refractivity contribution is -0.153. The Bertz CT molecular complexity index is 605. The molecule has 0 aliphatic heterocycles. The average Bonchev–Trinajstić information content (AvgIpc) is 2.28. The van der Waals surface area contributed by atoms with Crippen LogP contribution < -0.4 is 11.2 Å². The number of ether oxygens (including phenoxy) is 1. The van der Waals surface area contributed by atoms with Crippen LogP contribution in [0.4, 0.5) is 18.6 Å². The quantitative estimate of drug-likeness (QED) is 0.529. The van der Waals surface area contributed by atoms with E-state index in [9.17, 15) is 17.7 Å². The Hall–Kier alpha value is -1.66. The minimum absolute atomic E-state index is 0.0236. The van der Waals surface area contributed by atoms with Crippen molar-refractivity contribution in [3.05, 3.63) is 22.3 Å². The summed E-state index contributed by atoms with van der Waals surface area (Å²) in [4.78, 5) is 12.0. The van der Waals surface area contributed by atoms with Crippen LogP contribution in [0.3, 0.4) is 0 Å². The molecule has 0 bridgehead atoms. The molecule has 1 aromatic carbocycles. The van der Waals surface area contributed by atoms with E-state index in [4.69, 9.17) is 10.5 Å². The van der Waals surface area contributed by atoms with Gasteiger partial charge in [-0.15, -0.1) is 5.46 Å². The van der Waals surface area contributed by atoms with Crippen LogP contribution in [0, 0.1) is 20.8 Å². The number of benzene rings is 1. The zero-order valence-electron chi connectivity index (χ0n) is 13.8. The summed E-state index contributed by atoms with van der Waals surface area (Å²) in [6, 6.07) is 0. The van der Waals surface area contributed by atoms with E-state index in [1.165, 1.54) is 13.8 Å². The van der Waals surface area contributed by atoms with Crippen molar-refractivity contribution in [2.24, 2.45) is 0 Å². The average molecular weight is 316 g/mol. The summed E-state index contributed by atoms with van der Waals surface area (Å²) >= 11 is 0. The lowest BCUT2D eigenvalue weighted by atomic mass is 9.71. The Labute approximate surface area is 129 Å². The van der Waals surface area contributed by atoms with Gasteiger partial charge in [-0.2, -0.15) is 0 Å². The third-order valence-electron chi connectivity index (χ3n) is 3.59. The van der Waals surface area contributed by atoms with Crippen LogP contribution in [0.2, 0.25) is 0 Å². The van der Waals surface area contributed by atoms with E-state index in [2.05, 4.69) is 0 Å². The molecule has 22 heavy (non-hydrogen) atoms. The standard InChI is InChI=1S/C15H22BF3NO2/c1-8-11(7-12(21)22-15(4,5)6)9(2)14(20)10(3)13(8)16(17,18)19/h7,20H2,1-6H3/q-1. The zero-order valence-corrected chi connectivity index (χ0v) is 13.8. The molecule has 0 aliphatic rings. The molecule has 2 N–H and O–H groups in total. The number of nitrogen functional groups attached to an aromatic ring is 1. The Morgan fingerprint density at radius 2 is 1.59 bits per heavy atom. The monoisotopic (exact) mass is 316 g/mol. The second-order valence-corrected chi connectivity index (χ2v) is 6.52. The van der Waals surface area contributed by atoms with Crippen LogP contribution >= 0.6 is 0 Å². The number of halogens is 3. The van der Waals surface area contributed by atoms with Crippen molar-refractivity contribution in [1.29, 1.82) is 0 Å². The SMILES string of the molecule is Cc1c(N)c(C)c([B-](F)(F)F)c(C)c1CC(=O)OC(C)(C)C. The van der Waals surface area contributed by atoms with Gasteiger partial charge in [0.2, 0.25) is 0 Å². The van der Waals surface area contributed by atoms with Gasteiger partial charge in [0.05, 0.1) is 6.42 Å². The Morgan fingerprint density at radius 3 is 2.00 bits per heavy atom. The lowest BCUT2D eigenvalue weighted by Gasteiger charge is -2.27. The normalized spacial score (nSPS) is 12.4. The van der Waals surface area contributed by atoms with E-state index in [1.807, 2.05) is 0 Å². The van der Waals surface area contributed by atoms with E-state index in [0.717, 1.165) is 0 Å². The minimum Gasteiger partial charge on any atom is -0.460 e. The molecule has 0 atom stereocenters. The molecule has 0 saturated carbocycles. The predicted octanol–water partition coefficient (Wildman–Crippen LogP) is 3.13. The highest BCUT2D eigenvalue weighted by atomic mass is 19.4. The highest BCUT2D eigenvalue weighted by Crippen LogP contribution is 2.27. The van der Waals surface area contributed by atoms with Gasteiger partial charge < -0.3 is 23.4 Å². The maximum absolute atomic E-state index is 13.3. The first-order valence-electron chi connectivity index (χ1n) is 7.05. The van der Waals surface area contributed by atoms with Crippen LogP contribution in [0.1, 0.15) is 43.0 Å². The van der Waals surface area contributed by atoms with Crippen molar-refractivity contribution in [2.45, 2.75) is 53.6 Å². The molecule has 0 spiro atoms. The van der Waals surface area contributed by atoms with Gasteiger partial charge in [-0.25, -0.2) is 0 Å². The fourth-order valence-electron chi connectivity index (χ4n) is 2.59. The Balaban J connectivity index is 3.38. The number of carbonyl (C=O) groups is 1. The highest BCUT2D eigenvalue weighted by molar-refractivity contribution is 6.74. The van der Waals surface area contributed by atoms with Gasteiger partial charge in [-0.3, -0.25) is 4.79 Å². The van der Waals surface area contributed by atoms with E-state index < -0.39 is 24.0 Å². The summed E-state index contributed by atoms with van der Waals surface area (Å²) in [5, 5.41) is 0. The van der Waals surface area contributed by atoms with E-state index in [0.29, 0.717) is 11.1 Å². The van der Waals surface area contributed by atoms with Gasteiger partial charge >= 0.3 is 12.9 Å². The molecule has 0 unspecified atom stereocenters. The summed E-state index contributed by atoms with van der Waals surface area (Å²) in [6.07, 6.45) is -0.224. The van der Waals surface area contributed by atoms with Crippen LogP contribution in [-0.2, 0) is 16.0 Å². The third kappa shape index (κ3) is 3.96. The number of carbonyl (C=O) groups excluding carboxylic acids is 1. The van der Waals surface area contributed by atoms with E-state index in [1.54, 1.807) is 27.7 Å². The number of hydrogen-bond acceptors (Lipinski definition) is 3. The van der Waals surface area contributed by atoms with Crippen molar-refractivity contribution < 1.29 is 22.5 Å². The molecule has 0 saturated heterocycles. The topological polar surface area (TPSA) is 52.3 Å². The molecule has 3 nitrogen and oxygen atoms in total. The largest absolute Gasteiger partial charge is 0.510 e. The van der Waals surface area contributed by atoms with Gasteiger partial charge in [0.15, 0.2) is 0 Å². The number of rotatable bonds is 3. The fraction of sp³-hybridized carbons (Fsp3) is 0.533. The van der Waals surface area contributed by atoms with Gasteiger partial charge in [-0.05, 0) is 52.7 Å². The maximum Gasteiger partial charge on any atom is 0.510 e. The second kappa shape index (κ2) is 5.86. The van der Waals surface area contributed by atoms with Gasteiger partial charge in [-0.1, -0.05) is 11.1 Å². The van der Waals surface area contributed by atoms with Crippen molar-refractivity contribution in [2.75, 3.05) is 5.73 Å². The number of nitrogens with two attached hydrogens (primary N) is 1. The van der Waals surface area contributed by atoms with Gasteiger partial charge in [0.1, 0.15) is 5.60 Å². The maximum atomic E-state index is 13.3. The number of anilines is 1. The fourth-order valence-corrected chi connectivity index (χ4v) is 2.59. The number of hydrogen-bond donors (Lipinski definition) is 1. The molecule has 124 valence electrons. The molecule has 0 amide bonds. The predicted molar refractivity (Wildman–Crippen MR) is 83.3 cm³/mol. The van der Waals surface area contributed by atoms with E-state index in [-0.39, 0.29) is 23.2 Å². The molecule has 0 aromatic heterocycles. The van der Waals surface area contributed by atoms with Crippen molar-refractivity contribution in [3.63, 3.8) is 0 Å². The molecule has 1 aromatic rings.